The quantitative estimate of drug-likeness (QED) is 0.900. The van der Waals surface area contributed by atoms with Crippen LogP contribution in [0.25, 0.3) is 0 Å². The molecule has 1 heterocycles. The van der Waals surface area contributed by atoms with Gasteiger partial charge < -0.3 is 5.73 Å². The van der Waals surface area contributed by atoms with Crippen molar-refractivity contribution in [3.63, 3.8) is 0 Å². The van der Waals surface area contributed by atoms with Crippen molar-refractivity contribution in [2.24, 2.45) is 18.7 Å². The minimum absolute atomic E-state index is 0.185. The molecule has 2 unspecified atom stereocenters. The summed E-state index contributed by atoms with van der Waals surface area (Å²) < 4.78 is 2.01. The van der Waals surface area contributed by atoms with Crippen LogP contribution in [-0.2, 0) is 13.6 Å². The highest BCUT2D eigenvalue weighted by Crippen LogP contribution is 2.36. The average molecular weight is 278 g/mol. The number of rotatable bonds is 5. The van der Waals surface area contributed by atoms with Crippen LogP contribution in [0.15, 0.2) is 6.07 Å². The van der Waals surface area contributed by atoms with E-state index in [-0.39, 0.29) is 5.54 Å². The summed E-state index contributed by atoms with van der Waals surface area (Å²) in [6.45, 7) is 9.45. The Bertz CT molecular complexity index is 440. The summed E-state index contributed by atoms with van der Waals surface area (Å²) in [6, 6.07) is 2.19. The van der Waals surface area contributed by atoms with Gasteiger partial charge in [-0.05, 0) is 38.3 Å². The number of hydrogen-bond donors (Lipinski definition) is 1. The second-order valence-electron chi connectivity index (χ2n) is 6.54. The molecule has 1 saturated carbocycles. The predicted molar refractivity (Wildman–Crippen MR) is 83.4 cm³/mol. The van der Waals surface area contributed by atoms with Gasteiger partial charge >= 0.3 is 0 Å². The van der Waals surface area contributed by atoms with Crippen LogP contribution in [0.1, 0.15) is 50.9 Å². The Labute approximate surface area is 123 Å². The van der Waals surface area contributed by atoms with E-state index in [1.165, 1.54) is 31.4 Å². The summed E-state index contributed by atoms with van der Waals surface area (Å²) in [5.41, 5.74) is 8.78. The second kappa shape index (κ2) is 6.27. The van der Waals surface area contributed by atoms with Gasteiger partial charge in [0.15, 0.2) is 0 Å². The van der Waals surface area contributed by atoms with Gasteiger partial charge in [-0.2, -0.15) is 5.10 Å². The monoisotopic (exact) mass is 278 g/mol. The zero-order valence-corrected chi connectivity index (χ0v) is 13.5. The Morgan fingerprint density at radius 2 is 2.30 bits per heavy atom. The Balaban J connectivity index is 2.19. The number of nitrogens with zero attached hydrogens (tertiary/aromatic N) is 3. The van der Waals surface area contributed by atoms with E-state index in [9.17, 15) is 0 Å². The molecule has 0 spiro atoms. The van der Waals surface area contributed by atoms with Crippen LogP contribution in [0, 0.1) is 12.8 Å². The molecule has 2 rings (SSSR count). The van der Waals surface area contributed by atoms with Crippen LogP contribution in [0.4, 0.5) is 0 Å². The molecule has 4 heteroatoms. The highest BCUT2D eigenvalue weighted by molar-refractivity contribution is 5.10. The Hall–Kier alpha value is -0.870. The van der Waals surface area contributed by atoms with E-state index in [1.54, 1.807) is 0 Å². The third-order valence-corrected chi connectivity index (χ3v) is 4.95. The van der Waals surface area contributed by atoms with Crippen molar-refractivity contribution in [2.75, 3.05) is 13.1 Å². The van der Waals surface area contributed by atoms with Crippen LogP contribution in [0.2, 0.25) is 0 Å². The van der Waals surface area contributed by atoms with Crippen molar-refractivity contribution in [3.8, 4) is 0 Å². The topological polar surface area (TPSA) is 47.1 Å². The second-order valence-corrected chi connectivity index (χ2v) is 6.54. The van der Waals surface area contributed by atoms with Gasteiger partial charge in [-0.15, -0.1) is 0 Å². The Morgan fingerprint density at radius 1 is 1.55 bits per heavy atom. The number of hydrogen-bond acceptors (Lipinski definition) is 3. The molecule has 1 aromatic rings. The zero-order chi connectivity index (χ0) is 14.8. The van der Waals surface area contributed by atoms with Gasteiger partial charge in [0.1, 0.15) is 0 Å². The third kappa shape index (κ3) is 3.07. The van der Waals surface area contributed by atoms with Crippen LogP contribution in [0.3, 0.4) is 0 Å². The molecule has 0 radical (unpaired) electrons. The van der Waals surface area contributed by atoms with E-state index in [0.717, 1.165) is 31.2 Å². The molecule has 0 aliphatic heterocycles. The number of likely N-dealkylation sites (N-methyl/N-ethyl adjacent to an activating group) is 1. The Kier molecular flexibility index (Phi) is 4.86. The fourth-order valence-electron chi connectivity index (χ4n) is 3.86. The maximum atomic E-state index is 6.21. The van der Waals surface area contributed by atoms with Crippen LogP contribution < -0.4 is 5.73 Å². The highest BCUT2D eigenvalue weighted by atomic mass is 15.3. The molecule has 1 aliphatic rings. The van der Waals surface area contributed by atoms with Crippen molar-refractivity contribution in [2.45, 2.75) is 58.5 Å². The van der Waals surface area contributed by atoms with E-state index in [4.69, 9.17) is 5.73 Å². The van der Waals surface area contributed by atoms with Gasteiger partial charge in [0.2, 0.25) is 0 Å². The smallest absolute Gasteiger partial charge is 0.0597 e. The number of nitrogens with two attached hydrogens (primary N) is 1. The average Bonchev–Trinajstić information content (AvgIpc) is 2.74. The van der Waals surface area contributed by atoms with Crippen molar-refractivity contribution >= 4 is 0 Å². The van der Waals surface area contributed by atoms with Crippen molar-refractivity contribution < 1.29 is 0 Å². The lowest BCUT2D eigenvalue weighted by Gasteiger charge is -2.47. The standard InChI is InChI=1S/C16H30N4/c1-5-20(11-15-9-14(3)18-19(15)4)16(12-17)8-6-7-13(2)10-16/h9,13H,5-8,10-12,17H2,1-4H3. The summed E-state index contributed by atoms with van der Waals surface area (Å²) >= 11 is 0. The SMILES string of the molecule is CCN(Cc1cc(C)nn1C)C1(CN)CCCC(C)C1. The van der Waals surface area contributed by atoms with E-state index in [1.807, 2.05) is 11.7 Å². The van der Waals surface area contributed by atoms with Crippen molar-refractivity contribution in [1.82, 2.24) is 14.7 Å². The molecule has 1 aliphatic carbocycles. The molecule has 2 N–H and O–H groups in total. The molecule has 20 heavy (non-hydrogen) atoms. The first-order valence-corrected chi connectivity index (χ1v) is 7.95. The summed E-state index contributed by atoms with van der Waals surface area (Å²) in [4.78, 5) is 2.58. The minimum atomic E-state index is 0.185. The highest BCUT2D eigenvalue weighted by Gasteiger charge is 2.38. The lowest BCUT2D eigenvalue weighted by Crippen LogP contribution is -2.55. The molecular formula is C16H30N4. The molecular weight excluding hydrogens is 248 g/mol. The first-order valence-electron chi connectivity index (χ1n) is 7.95. The molecule has 114 valence electrons. The molecule has 0 aromatic carbocycles. The summed E-state index contributed by atoms with van der Waals surface area (Å²) in [5.74, 6) is 0.787. The van der Waals surface area contributed by atoms with Gasteiger partial charge in [0.05, 0.1) is 11.4 Å². The van der Waals surface area contributed by atoms with Crippen molar-refractivity contribution in [1.29, 1.82) is 0 Å². The molecule has 2 atom stereocenters. The normalized spacial score (nSPS) is 27.2. The molecule has 4 nitrogen and oxygen atoms in total. The maximum absolute atomic E-state index is 6.21. The first-order chi connectivity index (χ1) is 9.50. The largest absolute Gasteiger partial charge is 0.329 e. The van der Waals surface area contributed by atoms with Gasteiger partial charge in [-0.3, -0.25) is 9.58 Å². The lowest BCUT2D eigenvalue weighted by molar-refractivity contribution is 0.0349. The van der Waals surface area contributed by atoms with Crippen LogP contribution in [-0.4, -0.2) is 33.3 Å². The van der Waals surface area contributed by atoms with Gasteiger partial charge in [-0.25, -0.2) is 0 Å². The summed E-state index contributed by atoms with van der Waals surface area (Å²) in [6.07, 6.45) is 5.12. The molecule has 0 bridgehead atoms. The molecule has 1 fully saturated rings. The zero-order valence-electron chi connectivity index (χ0n) is 13.5. The number of aromatic nitrogens is 2. The molecule has 1 aromatic heterocycles. The Morgan fingerprint density at radius 3 is 2.80 bits per heavy atom. The van der Waals surface area contributed by atoms with Crippen molar-refractivity contribution in [3.05, 3.63) is 17.5 Å². The summed E-state index contributed by atoms with van der Waals surface area (Å²) in [7, 11) is 2.04. The predicted octanol–water partition coefficient (Wildman–Crippen LogP) is 2.46. The third-order valence-electron chi connectivity index (χ3n) is 4.95. The summed E-state index contributed by atoms with van der Waals surface area (Å²) in [5, 5.41) is 4.47. The fourth-order valence-corrected chi connectivity index (χ4v) is 3.86. The minimum Gasteiger partial charge on any atom is -0.329 e. The first kappa shape index (κ1) is 15.5. The lowest BCUT2D eigenvalue weighted by atomic mass is 9.75. The van der Waals surface area contributed by atoms with Gasteiger partial charge in [0, 0.05) is 25.7 Å². The van der Waals surface area contributed by atoms with E-state index in [0.29, 0.717) is 0 Å². The van der Waals surface area contributed by atoms with E-state index < -0.39 is 0 Å². The molecule has 0 amide bonds. The van der Waals surface area contributed by atoms with E-state index in [2.05, 4.69) is 36.8 Å². The molecule has 0 saturated heterocycles. The van der Waals surface area contributed by atoms with Crippen LogP contribution >= 0.6 is 0 Å². The number of aryl methyl sites for hydroxylation is 2. The van der Waals surface area contributed by atoms with Crippen LogP contribution in [0.5, 0.6) is 0 Å². The maximum Gasteiger partial charge on any atom is 0.0597 e. The van der Waals surface area contributed by atoms with E-state index >= 15 is 0 Å². The fraction of sp³-hybridized carbons (Fsp3) is 0.812. The van der Waals surface area contributed by atoms with Gasteiger partial charge in [0.25, 0.3) is 0 Å². The van der Waals surface area contributed by atoms with Gasteiger partial charge in [-0.1, -0.05) is 26.7 Å².